The van der Waals surface area contributed by atoms with Crippen LogP contribution in [-0.2, 0) is 14.6 Å². The number of nitrogens with two attached hydrogens (primary N) is 1. The molecule has 0 aromatic rings. The Bertz CT molecular complexity index is 718. The van der Waals surface area contributed by atoms with Crippen LogP contribution >= 0.6 is 0 Å². The zero-order valence-corrected chi connectivity index (χ0v) is 12.4. The van der Waals surface area contributed by atoms with Crippen LogP contribution in [0.4, 0.5) is 17.6 Å². The van der Waals surface area contributed by atoms with E-state index in [0.29, 0.717) is 25.2 Å². The van der Waals surface area contributed by atoms with Crippen molar-refractivity contribution < 1.29 is 35.9 Å². The number of primary amides is 1. The molecule has 11 heteroatoms. The third-order valence-corrected chi connectivity index (χ3v) is 5.55. The quantitative estimate of drug-likeness (QED) is 0.716. The highest BCUT2D eigenvalue weighted by molar-refractivity contribution is 7.96. The van der Waals surface area contributed by atoms with Crippen molar-refractivity contribution in [2.45, 2.75) is 36.0 Å². The van der Waals surface area contributed by atoms with E-state index in [1.54, 1.807) is 0 Å². The molecule has 0 heterocycles. The molecule has 0 aromatic carbocycles. The van der Waals surface area contributed by atoms with Gasteiger partial charge in [-0.3, -0.25) is 4.79 Å². The Morgan fingerprint density at radius 1 is 1.52 bits per heavy atom. The van der Waals surface area contributed by atoms with Crippen molar-refractivity contribution in [1.29, 1.82) is 5.26 Å². The molecule has 0 spiro atoms. The van der Waals surface area contributed by atoms with Gasteiger partial charge in [0.2, 0.25) is 5.67 Å². The summed E-state index contributed by atoms with van der Waals surface area (Å²) in [6.07, 6.45) is -4.76. The number of hydrogen-bond acceptors (Lipinski definition) is 5. The maximum Gasteiger partial charge on any atom is 0.409 e. The average molecular weight is 356 g/mol. The Morgan fingerprint density at radius 2 is 2.04 bits per heavy atom. The van der Waals surface area contributed by atoms with E-state index in [-0.39, 0.29) is 0 Å². The van der Waals surface area contributed by atoms with Crippen LogP contribution in [-0.4, -0.2) is 42.1 Å². The van der Waals surface area contributed by atoms with Crippen LogP contribution in [0.2, 0.25) is 0 Å². The molecule has 3 unspecified atom stereocenters. The maximum absolute atomic E-state index is 13.6. The molecule has 23 heavy (non-hydrogen) atoms. The van der Waals surface area contributed by atoms with Gasteiger partial charge in [0.1, 0.15) is 6.07 Å². The van der Waals surface area contributed by atoms with Gasteiger partial charge in [-0.05, 0) is 19.1 Å². The van der Waals surface area contributed by atoms with Crippen LogP contribution in [0.5, 0.6) is 0 Å². The number of allylic oxidation sites excluding steroid dienone is 3. The van der Waals surface area contributed by atoms with Crippen LogP contribution < -0.4 is 5.73 Å². The summed E-state index contributed by atoms with van der Waals surface area (Å²) in [5, 5.41) is 14.7. The van der Waals surface area contributed by atoms with Crippen LogP contribution in [0.1, 0.15) is 13.3 Å². The summed E-state index contributed by atoms with van der Waals surface area (Å²) < 4.78 is 77.3. The molecule has 0 bridgehead atoms. The van der Waals surface area contributed by atoms with E-state index in [2.05, 4.69) is 5.73 Å². The number of aliphatic hydroxyl groups is 1. The number of rotatable bonds is 4. The second kappa shape index (κ2) is 5.61. The summed E-state index contributed by atoms with van der Waals surface area (Å²) in [6.45, 7) is 0.326. The fourth-order valence-corrected chi connectivity index (χ4v) is 3.87. The third kappa shape index (κ3) is 3.53. The molecule has 0 saturated heterocycles. The number of halogens is 4. The Hall–Kier alpha value is -1.93. The van der Waals surface area contributed by atoms with Gasteiger partial charge in [-0.15, -0.1) is 0 Å². The summed E-state index contributed by atoms with van der Waals surface area (Å²) in [7, 11) is -5.32. The molecule has 128 valence electrons. The van der Waals surface area contributed by atoms with E-state index in [1.165, 1.54) is 6.07 Å². The lowest BCUT2D eigenvalue weighted by Crippen LogP contribution is -2.60. The van der Waals surface area contributed by atoms with Gasteiger partial charge in [-0.2, -0.15) is 18.4 Å². The number of sulfone groups is 1. The minimum atomic E-state index is -5.52. The minimum Gasteiger partial charge on any atom is -0.379 e. The molecule has 0 radical (unpaired) electrons. The maximum atomic E-state index is 13.6. The van der Waals surface area contributed by atoms with Crippen LogP contribution in [0, 0.1) is 11.3 Å². The van der Waals surface area contributed by atoms with Crippen LogP contribution in [0.3, 0.4) is 0 Å². The monoisotopic (exact) mass is 356 g/mol. The van der Waals surface area contributed by atoms with E-state index < -0.39 is 49.8 Å². The van der Waals surface area contributed by atoms with Gasteiger partial charge in [0.25, 0.3) is 5.91 Å². The number of alkyl halides is 4. The van der Waals surface area contributed by atoms with E-state index in [0.717, 1.165) is 0 Å². The number of carbonyl (C=O) groups excluding carboxylic acids is 1. The van der Waals surface area contributed by atoms with Gasteiger partial charge in [0.15, 0.2) is 20.7 Å². The lowest BCUT2D eigenvalue weighted by Gasteiger charge is -2.32. The van der Waals surface area contributed by atoms with E-state index in [1.807, 2.05) is 0 Å². The topological polar surface area (TPSA) is 121 Å². The molecule has 0 aromatic heterocycles. The predicted molar refractivity (Wildman–Crippen MR) is 69.9 cm³/mol. The molecule has 3 atom stereocenters. The highest BCUT2D eigenvalue weighted by Crippen LogP contribution is 2.39. The second-order valence-electron chi connectivity index (χ2n) is 5.10. The molecule has 1 amide bonds. The lowest BCUT2D eigenvalue weighted by molar-refractivity contribution is -0.175. The number of hydrogen-bond donors (Lipinski definition) is 2. The number of nitrogens with zero attached hydrogens (tertiary/aromatic N) is 1. The van der Waals surface area contributed by atoms with E-state index in [9.17, 15) is 35.9 Å². The first-order chi connectivity index (χ1) is 10.2. The summed E-state index contributed by atoms with van der Waals surface area (Å²) in [5.41, 5.74) is -1.32. The Morgan fingerprint density at radius 3 is 2.35 bits per heavy atom. The molecule has 1 aliphatic rings. The summed E-state index contributed by atoms with van der Waals surface area (Å²) in [5.74, 6) is -1.89. The number of amides is 1. The van der Waals surface area contributed by atoms with Crippen molar-refractivity contribution >= 4 is 15.7 Å². The first-order valence-corrected chi connectivity index (χ1v) is 7.55. The molecule has 0 aliphatic heterocycles. The van der Waals surface area contributed by atoms with Gasteiger partial charge in [-0.25, -0.2) is 12.8 Å². The minimum absolute atomic E-state index is 0.326. The molecule has 1 rings (SSSR count). The first-order valence-electron chi connectivity index (χ1n) is 6.01. The summed E-state index contributed by atoms with van der Waals surface area (Å²) in [4.78, 5) is 10.1. The number of nitriles is 1. The van der Waals surface area contributed by atoms with Crippen molar-refractivity contribution in [2.75, 3.05) is 0 Å². The number of carbonyl (C=O) groups is 1. The highest BCUT2D eigenvalue weighted by atomic mass is 32.2. The Kier molecular flexibility index (Phi) is 4.66. The summed E-state index contributed by atoms with van der Waals surface area (Å²) in [6, 6.07) is 1.22. The lowest BCUT2D eigenvalue weighted by atomic mass is 9.99. The average Bonchev–Trinajstić information content (AvgIpc) is 2.36. The molecule has 1 aliphatic carbocycles. The van der Waals surface area contributed by atoms with Crippen LogP contribution in [0.15, 0.2) is 23.1 Å². The Balaban J connectivity index is 3.43. The van der Waals surface area contributed by atoms with E-state index in [4.69, 9.17) is 5.26 Å². The Labute approximate surface area is 128 Å². The van der Waals surface area contributed by atoms with Gasteiger partial charge >= 0.3 is 6.18 Å². The van der Waals surface area contributed by atoms with E-state index >= 15 is 0 Å². The highest BCUT2D eigenvalue weighted by Gasteiger charge is 2.61. The van der Waals surface area contributed by atoms with Gasteiger partial charge < -0.3 is 10.8 Å². The fraction of sp³-hybridized carbons (Fsp3) is 0.500. The normalized spacial score (nSPS) is 25.9. The van der Waals surface area contributed by atoms with Crippen molar-refractivity contribution in [1.82, 2.24) is 0 Å². The van der Waals surface area contributed by atoms with Crippen molar-refractivity contribution in [3.63, 3.8) is 0 Å². The van der Waals surface area contributed by atoms with Crippen molar-refractivity contribution in [3.8, 4) is 6.07 Å². The fourth-order valence-electron chi connectivity index (χ4n) is 1.96. The molecule has 6 nitrogen and oxygen atoms in total. The predicted octanol–water partition coefficient (Wildman–Crippen LogP) is 0.644. The SMILES string of the molecule is CC(O)(C(N)=O)C(C(F)(F)F)S(=O)(=O)C1=CCC(F)(C#N)C=C1. The summed E-state index contributed by atoms with van der Waals surface area (Å²) >= 11 is 0. The first kappa shape index (κ1) is 19.1. The molecule has 3 N–H and O–H groups in total. The van der Waals surface area contributed by atoms with Gasteiger partial charge in [0.05, 0.1) is 4.91 Å². The molecule has 0 fully saturated rings. The second-order valence-corrected chi connectivity index (χ2v) is 7.13. The van der Waals surface area contributed by atoms with Gasteiger partial charge in [-0.1, -0.05) is 6.08 Å². The molecular formula is C12H12F4N2O4S. The largest absolute Gasteiger partial charge is 0.409 e. The van der Waals surface area contributed by atoms with Crippen molar-refractivity contribution in [3.05, 3.63) is 23.1 Å². The standard InChI is InChI=1S/C12H12F4N2O4S/c1-10(20,9(18)19)8(12(14,15)16)23(21,22)7-2-4-11(13,6-17)5-3-7/h2-4,8,20H,5H2,1H3,(H2,18,19). The smallest absolute Gasteiger partial charge is 0.379 e. The van der Waals surface area contributed by atoms with Crippen molar-refractivity contribution in [2.24, 2.45) is 5.73 Å². The molecular weight excluding hydrogens is 344 g/mol. The zero-order chi connectivity index (χ0) is 18.3. The van der Waals surface area contributed by atoms with Gasteiger partial charge in [0, 0.05) is 6.42 Å². The van der Waals surface area contributed by atoms with Crippen LogP contribution in [0.25, 0.3) is 0 Å². The third-order valence-electron chi connectivity index (χ3n) is 3.24. The molecule has 0 saturated carbocycles. The zero-order valence-electron chi connectivity index (χ0n) is 11.6.